The molecule has 3 rings (SSSR count). The molecule has 5 heteroatoms. The lowest BCUT2D eigenvalue weighted by Crippen LogP contribution is -1.98. The van der Waals surface area contributed by atoms with Crippen molar-refractivity contribution in [2.24, 2.45) is 0 Å². The minimum Gasteiger partial charge on any atom is -0.475 e. The van der Waals surface area contributed by atoms with E-state index >= 15 is 0 Å². The molecule has 1 heterocycles. The second-order valence-electron chi connectivity index (χ2n) is 4.87. The molecule has 0 radical (unpaired) electrons. The van der Waals surface area contributed by atoms with Crippen molar-refractivity contribution in [2.75, 3.05) is 11.6 Å². The number of anilines is 1. The average molecular weight is 313 g/mol. The van der Waals surface area contributed by atoms with Gasteiger partial charge in [-0.1, -0.05) is 18.2 Å². The Morgan fingerprint density at radius 3 is 2.86 bits per heavy atom. The molecule has 0 fully saturated rings. The number of rotatable bonds is 5. The number of carboxylic acids is 1. The van der Waals surface area contributed by atoms with Crippen LogP contribution in [0.1, 0.15) is 16.1 Å². The van der Waals surface area contributed by atoms with Gasteiger partial charge in [0.2, 0.25) is 5.76 Å². The fraction of sp³-hybridized carbons (Fsp3) is 0.118. The van der Waals surface area contributed by atoms with Crippen LogP contribution >= 0.6 is 11.8 Å². The lowest BCUT2D eigenvalue weighted by Gasteiger charge is -2.07. The van der Waals surface area contributed by atoms with E-state index in [-0.39, 0.29) is 5.76 Å². The summed E-state index contributed by atoms with van der Waals surface area (Å²) < 4.78 is 5.33. The van der Waals surface area contributed by atoms with Crippen molar-refractivity contribution in [3.05, 3.63) is 59.9 Å². The van der Waals surface area contributed by atoms with Gasteiger partial charge >= 0.3 is 5.97 Å². The maximum absolute atomic E-state index is 10.9. The molecule has 0 aliphatic heterocycles. The number of thioether (sulfide) groups is 1. The number of aromatic carboxylic acids is 1. The van der Waals surface area contributed by atoms with Crippen LogP contribution in [0.4, 0.5) is 5.69 Å². The number of fused-ring (bicyclic) bond motifs is 1. The van der Waals surface area contributed by atoms with Crippen molar-refractivity contribution in [3.8, 4) is 0 Å². The van der Waals surface area contributed by atoms with Crippen molar-refractivity contribution in [2.45, 2.75) is 11.4 Å². The van der Waals surface area contributed by atoms with Crippen LogP contribution in [0.2, 0.25) is 0 Å². The largest absolute Gasteiger partial charge is 0.475 e. The molecule has 22 heavy (non-hydrogen) atoms. The van der Waals surface area contributed by atoms with E-state index in [1.54, 1.807) is 11.8 Å². The van der Waals surface area contributed by atoms with Gasteiger partial charge in [0.15, 0.2) is 0 Å². The van der Waals surface area contributed by atoms with E-state index in [1.807, 2.05) is 36.6 Å². The average Bonchev–Trinajstić information content (AvgIpc) is 2.96. The van der Waals surface area contributed by atoms with Gasteiger partial charge in [-0.25, -0.2) is 4.79 Å². The SMILES string of the molecule is CSc1cccc(NCc2ccc3cc(C(=O)O)oc3c2)c1. The predicted octanol–water partition coefficient (Wildman–Crippen LogP) is 4.47. The van der Waals surface area contributed by atoms with Crippen LogP contribution in [-0.2, 0) is 6.54 Å². The Morgan fingerprint density at radius 2 is 2.09 bits per heavy atom. The van der Waals surface area contributed by atoms with Gasteiger partial charge < -0.3 is 14.8 Å². The smallest absolute Gasteiger partial charge is 0.371 e. The van der Waals surface area contributed by atoms with Crippen LogP contribution in [0, 0.1) is 0 Å². The molecule has 0 saturated heterocycles. The summed E-state index contributed by atoms with van der Waals surface area (Å²) in [5.74, 6) is -1.09. The highest BCUT2D eigenvalue weighted by atomic mass is 32.2. The summed E-state index contributed by atoms with van der Waals surface area (Å²) in [7, 11) is 0. The van der Waals surface area contributed by atoms with Gasteiger partial charge in [-0.15, -0.1) is 11.8 Å². The van der Waals surface area contributed by atoms with Crippen LogP contribution in [0.15, 0.2) is 57.8 Å². The van der Waals surface area contributed by atoms with E-state index in [0.717, 1.165) is 16.6 Å². The summed E-state index contributed by atoms with van der Waals surface area (Å²) in [5.41, 5.74) is 2.68. The van der Waals surface area contributed by atoms with Crippen molar-refractivity contribution in [1.82, 2.24) is 0 Å². The molecule has 0 atom stereocenters. The summed E-state index contributed by atoms with van der Waals surface area (Å²) in [4.78, 5) is 12.1. The first-order chi connectivity index (χ1) is 10.7. The fourth-order valence-electron chi connectivity index (χ4n) is 2.23. The number of hydrogen-bond acceptors (Lipinski definition) is 4. The van der Waals surface area contributed by atoms with Gasteiger partial charge in [-0.3, -0.25) is 0 Å². The van der Waals surface area contributed by atoms with Gasteiger partial charge in [0.1, 0.15) is 5.58 Å². The number of carboxylic acid groups (broad SMARTS) is 1. The number of furan rings is 1. The topological polar surface area (TPSA) is 62.5 Å². The van der Waals surface area contributed by atoms with Crippen LogP contribution in [0.25, 0.3) is 11.0 Å². The molecular weight excluding hydrogens is 298 g/mol. The maximum atomic E-state index is 10.9. The molecule has 3 aromatic rings. The van der Waals surface area contributed by atoms with Gasteiger partial charge in [-0.2, -0.15) is 0 Å². The third-order valence-electron chi connectivity index (χ3n) is 3.36. The summed E-state index contributed by atoms with van der Waals surface area (Å²) in [6.45, 7) is 0.650. The zero-order valence-electron chi connectivity index (χ0n) is 12.0. The third-order valence-corrected chi connectivity index (χ3v) is 4.09. The molecule has 0 aliphatic rings. The lowest BCUT2D eigenvalue weighted by molar-refractivity contribution is 0.0665. The van der Waals surface area contributed by atoms with E-state index in [4.69, 9.17) is 9.52 Å². The molecule has 0 aliphatic carbocycles. The van der Waals surface area contributed by atoms with Crippen LogP contribution in [0.3, 0.4) is 0 Å². The van der Waals surface area contributed by atoms with Gasteiger partial charge in [0, 0.05) is 22.5 Å². The Labute approximate surface area is 132 Å². The van der Waals surface area contributed by atoms with E-state index in [0.29, 0.717) is 12.1 Å². The predicted molar refractivity (Wildman–Crippen MR) is 88.7 cm³/mol. The highest BCUT2D eigenvalue weighted by Crippen LogP contribution is 2.22. The van der Waals surface area contributed by atoms with E-state index in [9.17, 15) is 4.79 Å². The zero-order valence-corrected chi connectivity index (χ0v) is 12.8. The highest BCUT2D eigenvalue weighted by Gasteiger charge is 2.10. The molecule has 0 unspecified atom stereocenters. The lowest BCUT2D eigenvalue weighted by atomic mass is 10.1. The van der Waals surface area contributed by atoms with Crippen molar-refractivity contribution in [1.29, 1.82) is 0 Å². The van der Waals surface area contributed by atoms with Gasteiger partial charge in [0.25, 0.3) is 0 Å². The Bertz CT molecular complexity index is 826. The minimum atomic E-state index is -1.05. The second-order valence-corrected chi connectivity index (χ2v) is 5.75. The molecule has 0 amide bonds. The first-order valence-corrected chi connectivity index (χ1v) is 8.02. The molecule has 4 nitrogen and oxygen atoms in total. The molecule has 0 bridgehead atoms. The summed E-state index contributed by atoms with van der Waals surface area (Å²) in [5, 5.41) is 13.1. The van der Waals surface area contributed by atoms with Gasteiger partial charge in [0.05, 0.1) is 0 Å². The summed E-state index contributed by atoms with van der Waals surface area (Å²) >= 11 is 1.70. The Balaban J connectivity index is 1.77. The summed E-state index contributed by atoms with van der Waals surface area (Å²) in [6.07, 6.45) is 2.05. The Morgan fingerprint density at radius 1 is 1.23 bits per heavy atom. The van der Waals surface area contributed by atoms with Crippen molar-refractivity contribution in [3.63, 3.8) is 0 Å². The first-order valence-electron chi connectivity index (χ1n) is 6.79. The van der Waals surface area contributed by atoms with Crippen molar-refractivity contribution >= 4 is 34.4 Å². The minimum absolute atomic E-state index is 0.0345. The van der Waals surface area contributed by atoms with E-state index < -0.39 is 5.97 Å². The van der Waals surface area contributed by atoms with Gasteiger partial charge in [-0.05, 0) is 42.2 Å². The molecule has 112 valence electrons. The third kappa shape index (κ3) is 3.09. The second kappa shape index (κ2) is 6.15. The fourth-order valence-corrected chi connectivity index (χ4v) is 2.69. The Kier molecular flexibility index (Phi) is 4.06. The first kappa shape index (κ1) is 14.5. The molecule has 0 spiro atoms. The summed E-state index contributed by atoms with van der Waals surface area (Å²) in [6, 6.07) is 15.5. The van der Waals surface area contributed by atoms with Crippen LogP contribution < -0.4 is 5.32 Å². The quantitative estimate of drug-likeness (QED) is 0.681. The molecule has 2 aromatic carbocycles. The highest BCUT2D eigenvalue weighted by molar-refractivity contribution is 7.98. The molecule has 0 saturated carbocycles. The maximum Gasteiger partial charge on any atom is 0.371 e. The van der Waals surface area contributed by atoms with E-state index in [2.05, 4.69) is 17.4 Å². The van der Waals surface area contributed by atoms with Crippen LogP contribution in [0.5, 0.6) is 0 Å². The Hall–Kier alpha value is -2.40. The molecule has 1 aromatic heterocycles. The van der Waals surface area contributed by atoms with E-state index in [1.165, 1.54) is 11.0 Å². The number of carbonyl (C=O) groups is 1. The molecular formula is C17H15NO3S. The monoisotopic (exact) mass is 313 g/mol. The number of hydrogen-bond donors (Lipinski definition) is 2. The molecule has 2 N–H and O–H groups in total. The standard InChI is InChI=1S/C17H15NO3S/c1-22-14-4-2-3-13(9-14)18-10-11-5-6-12-8-16(17(19)20)21-15(12)7-11/h2-9,18H,10H2,1H3,(H,19,20). The number of benzene rings is 2. The normalized spacial score (nSPS) is 10.8. The zero-order chi connectivity index (χ0) is 15.5. The number of nitrogens with one attached hydrogen (secondary N) is 1. The van der Waals surface area contributed by atoms with Crippen molar-refractivity contribution < 1.29 is 14.3 Å². The van der Waals surface area contributed by atoms with Crippen LogP contribution in [-0.4, -0.2) is 17.3 Å².